The Balaban J connectivity index is 0.000000343. The maximum atomic E-state index is 13.3. The Kier molecular flexibility index (Phi) is 9.65. The Morgan fingerprint density at radius 2 is 1.76 bits per heavy atom. The van der Waals surface area contributed by atoms with E-state index in [1.165, 1.54) is 36.7 Å². The Bertz CT molecular complexity index is 1770. The van der Waals surface area contributed by atoms with Gasteiger partial charge in [-0.05, 0) is 72.3 Å². The number of nitrogens with one attached hydrogen (secondary N) is 2. The first-order valence-electron chi connectivity index (χ1n) is 12.4. The van der Waals surface area contributed by atoms with Gasteiger partial charge in [-0.15, -0.1) is 0 Å². The number of phenols is 1. The molecule has 9 nitrogen and oxygen atoms in total. The van der Waals surface area contributed by atoms with Gasteiger partial charge in [0, 0.05) is 16.8 Å². The fraction of sp³-hybridized carbons (Fsp3) is 0.0323. The van der Waals surface area contributed by atoms with Gasteiger partial charge in [0.15, 0.2) is 0 Å². The number of benzene rings is 4. The van der Waals surface area contributed by atoms with Crippen molar-refractivity contribution < 1.29 is 28.9 Å². The van der Waals surface area contributed by atoms with E-state index in [0.717, 1.165) is 5.39 Å². The summed E-state index contributed by atoms with van der Waals surface area (Å²) in [5.41, 5.74) is 2.63. The number of para-hydroxylation sites is 1. The highest BCUT2D eigenvalue weighted by Gasteiger charge is 2.10. The molecule has 4 aromatic carbocycles. The van der Waals surface area contributed by atoms with Crippen molar-refractivity contribution in [2.45, 2.75) is 6.61 Å². The molecule has 0 saturated carbocycles. The van der Waals surface area contributed by atoms with Crippen LogP contribution >= 0.6 is 11.6 Å². The number of halogens is 2. The molecule has 0 aliphatic carbocycles. The van der Waals surface area contributed by atoms with Crippen LogP contribution in [0.5, 0.6) is 11.5 Å². The van der Waals surface area contributed by atoms with Gasteiger partial charge in [-0.3, -0.25) is 4.79 Å². The summed E-state index contributed by atoms with van der Waals surface area (Å²) in [5, 5.41) is 24.4. The number of rotatable bonds is 8. The minimum atomic E-state index is -1.11. The van der Waals surface area contributed by atoms with Crippen molar-refractivity contribution in [1.29, 1.82) is 0 Å². The molecule has 5 aromatic rings. The molecule has 1 heterocycles. The van der Waals surface area contributed by atoms with Crippen LogP contribution in [-0.4, -0.2) is 32.1 Å². The number of carboxylic acid groups (broad SMARTS) is 1. The quantitative estimate of drug-likeness (QED) is 0.143. The lowest BCUT2D eigenvalue weighted by atomic mass is 10.2. The average Bonchev–Trinajstić information content (AvgIpc) is 2.97. The summed E-state index contributed by atoms with van der Waals surface area (Å²) in [7, 11) is 0. The lowest BCUT2D eigenvalue weighted by molar-refractivity contribution is -0.111. The number of hydrogen-bond donors (Lipinski definition) is 4. The predicted octanol–water partition coefficient (Wildman–Crippen LogP) is 6.96. The van der Waals surface area contributed by atoms with Gasteiger partial charge in [-0.2, -0.15) is 0 Å². The monoisotopic (exact) mass is 586 g/mol. The summed E-state index contributed by atoms with van der Waals surface area (Å²) in [4.78, 5) is 30.4. The van der Waals surface area contributed by atoms with E-state index >= 15 is 0 Å². The number of carboxylic acids is 1. The molecule has 5 rings (SSSR count). The molecule has 212 valence electrons. The van der Waals surface area contributed by atoms with Crippen LogP contribution < -0.4 is 15.4 Å². The van der Waals surface area contributed by atoms with Crippen LogP contribution in [0.15, 0.2) is 104 Å². The van der Waals surface area contributed by atoms with Gasteiger partial charge in [-0.25, -0.2) is 19.2 Å². The molecule has 4 N–H and O–H groups in total. The van der Waals surface area contributed by atoms with Crippen LogP contribution in [0, 0.1) is 5.82 Å². The van der Waals surface area contributed by atoms with E-state index in [0.29, 0.717) is 39.0 Å². The molecule has 0 fully saturated rings. The lowest BCUT2D eigenvalue weighted by Gasteiger charge is -2.12. The van der Waals surface area contributed by atoms with Crippen LogP contribution in [0.1, 0.15) is 15.9 Å². The lowest BCUT2D eigenvalue weighted by Crippen LogP contribution is -2.07. The SMILES string of the molecule is C=CC(=O)Nc1ccc2ncnc(Nc3ccc(OCc4cccc(F)c4)c(Cl)c3)c2c1.O=C(O)c1ccccc1O. The van der Waals surface area contributed by atoms with Gasteiger partial charge in [0.05, 0.1) is 10.5 Å². The second kappa shape index (κ2) is 13.7. The maximum Gasteiger partial charge on any atom is 0.339 e. The van der Waals surface area contributed by atoms with E-state index in [9.17, 15) is 14.0 Å². The van der Waals surface area contributed by atoms with E-state index in [1.54, 1.807) is 60.7 Å². The minimum absolute atomic E-state index is 0.0671. The van der Waals surface area contributed by atoms with Crippen molar-refractivity contribution in [2.24, 2.45) is 0 Å². The van der Waals surface area contributed by atoms with Crippen molar-refractivity contribution in [3.05, 3.63) is 126 Å². The number of carbonyl (C=O) groups excluding carboxylic acids is 1. The third-order valence-electron chi connectivity index (χ3n) is 5.70. The van der Waals surface area contributed by atoms with Crippen LogP contribution in [0.3, 0.4) is 0 Å². The van der Waals surface area contributed by atoms with Gasteiger partial charge in [0.2, 0.25) is 5.91 Å². The van der Waals surface area contributed by atoms with Crippen molar-refractivity contribution in [1.82, 2.24) is 9.97 Å². The highest BCUT2D eigenvalue weighted by molar-refractivity contribution is 6.32. The molecule has 0 unspecified atom stereocenters. The molecule has 0 radical (unpaired) electrons. The Hall–Kier alpha value is -5.48. The van der Waals surface area contributed by atoms with Crippen LogP contribution in [-0.2, 0) is 11.4 Å². The highest BCUT2D eigenvalue weighted by atomic mass is 35.5. The molecule has 0 atom stereocenters. The molecule has 42 heavy (non-hydrogen) atoms. The number of aromatic nitrogens is 2. The van der Waals surface area contributed by atoms with Gasteiger partial charge in [-0.1, -0.05) is 42.4 Å². The number of amides is 1. The average molecular weight is 587 g/mol. The maximum absolute atomic E-state index is 13.3. The summed E-state index contributed by atoms with van der Waals surface area (Å²) in [6.45, 7) is 3.65. The van der Waals surface area contributed by atoms with Crippen LogP contribution in [0.2, 0.25) is 5.02 Å². The molecule has 0 aliphatic rings. The van der Waals surface area contributed by atoms with E-state index in [4.69, 9.17) is 26.6 Å². The normalized spacial score (nSPS) is 10.2. The van der Waals surface area contributed by atoms with Crippen LogP contribution in [0.25, 0.3) is 10.9 Å². The topological polar surface area (TPSA) is 134 Å². The zero-order valence-corrected chi connectivity index (χ0v) is 22.7. The number of aromatic carboxylic acids is 1. The molecule has 1 amide bonds. The van der Waals surface area contributed by atoms with E-state index in [2.05, 4.69) is 27.2 Å². The Morgan fingerprint density at radius 3 is 2.45 bits per heavy atom. The van der Waals surface area contributed by atoms with Gasteiger partial charge in [0.25, 0.3) is 0 Å². The zero-order valence-electron chi connectivity index (χ0n) is 21.9. The Labute approximate surface area is 244 Å². The molecule has 0 saturated heterocycles. The summed E-state index contributed by atoms with van der Waals surface area (Å²) >= 11 is 6.38. The van der Waals surface area contributed by atoms with E-state index in [1.807, 2.05) is 0 Å². The number of nitrogens with zero attached hydrogens (tertiary/aromatic N) is 2. The molecule has 1 aromatic heterocycles. The van der Waals surface area contributed by atoms with Gasteiger partial charge < -0.3 is 25.6 Å². The van der Waals surface area contributed by atoms with Crippen LogP contribution in [0.4, 0.5) is 21.6 Å². The van der Waals surface area contributed by atoms with E-state index in [-0.39, 0.29) is 29.6 Å². The highest BCUT2D eigenvalue weighted by Crippen LogP contribution is 2.31. The fourth-order valence-electron chi connectivity index (χ4n) is 3.70. The standard InChI is InChI=1S/C24H18ClFN4O2.C7H6O3/c1-2-23(31)29-17-6-8-21-19(11-17)24(28-14-27-21)30-18-7-9-22(20(25)12-18)32-13-15-4-3-5-16(26)10-15;8-6-4-2-1-3-5(6)7(9)10/h2-12,14H,1,13H2,(H,29,31)(H,27,28,30);1-4,8H,(H,9,10). The summed E-state index contributed by atoms with van der Waals surface area (Å²) in [6, 6.07) is 22.6. The molecular formula is C31H24ClFN4O5. The summed E-state index contributed by atoms with van der Waals surface area (Å²) in [5.74, 6) is -0.914. The number of anilines is 3. The molecule has 11 heteroatoms. The number of ether oxygens (including phenoxy) is 1. The first kappa shape index (κ1) is 29.5. The van der Waals surface area contributed by atoms with E-state index < -0.39 is 5.97 Å². The van der Waals surface area contributed by atoms with Gasteiger partial charge in [0.1, 0.15) is 41.6 Å². The van der Waals surface area contributed by atoms with Gasteiger partial charge >= 0.3 is 5.97 Å². The Morgan fingerprint density at radius 1 is 0.976 bits per heavy atom. The third kappa shape index (κ3) is 7.80. The minimum Gasteiger partial charge on any atom is -0.507 e. The molecule has 0 bridgehead atoms. The van der Waals surface area contributed by atoms with Crippen molar-refractivity contribution in [2.75, 3.05) is 10.6 Å². The number of carbonyl (C=O) groups is 2. The predicted molar refractivity (Wildman–Crippen MR) is 159 cm³/mol. The van der Waals surface area contributed by atoms with Crippen molar-refractivity contribution in [3.63, 3.8) is 0 Å². The van der Waals surface area contributed by atoms with Crippen molar-refractivity contribution in [3.8, 4) is 11.5 Å². The third-order valence-corrected chi connectivity index (χ3v) is 6.00. The first-order chi connectivity index (χ1) is 20.2. The second-order valence-electron chi connectivity index (χ2n) is 8.66. The summed E-state index contributed by atoms with van der Waals surface area (Å²) in [6.07, 6.45) is 2.65. The fourth-order valence-corrected chi connectivity index (χ4v) is 3.94. The number of hydrogen-bond acceptors (Lipinski definition) is 7. The zero-order chi connectivity index (χ0) is 30.1. The number of fused-ring (bicyclic) bond motifs is 1. The second-order valence-corrected chi connectivity index (χ2v) is 9.07. The summed E-state index contributed by atoms with van der Waals surface area (Å²) < 4.78 is 19.0. The largest absolute Gasteiger partial charge is 0.507 e. The molecular weight excluding hydrogens is 563 g/mol. The van der Waals surface area contributed by atoms with Crippen molar-refractivity contribution >= 4 is 51.6 Å². The number of aromatic hydroxyl groups is 1. The first-order valence-corrected chi connectivity index (χ1v) is 12.7. The molecule has 0 aliphatic heterocycles. The molecule has 0 spiro atoms. The smallest absolute Gasteiger partial charge is 0.339 e.